The lowest BCUT2D eigenvalue weighted by atomic mass is 10.0. The number of rotatable bonds is 2. The molecule has 0 aromatic heterocycles. The summed E-state index contributed by atoms with van der Waals surface area (Å²) in [6.07, 6.45) is -0.163. The Morgan fingerprint density at radius 3 is 2.94 bits per heavy atom. The zero-order valence-electron chi connectivity index (χ0n) is 9.39. The van der Waals surface area contributed by atoms with E-state index in [1.165, 1.54) is 0 Å². The van der Waals surface area contributed by atoms with Crippen molar-refractivity contribution in [3.8, 4) is 0 Å². The number of carbonyl (C=O) groups is 1. The van der Waals surface area contributed by atoms with Gasteiger partial charge in [0.15, 0.2) is 0 Å². The largest absolute Gasteiger partial charge is 0.480 e. The normalized spacial score (nSPS) is 28.9. The summed E-state index contributed by atoms with van der Waals surface area (Å²) in [6.45, 7) is 2.07. The number of ether oxygens (including phenoxy) is 1. The fourth-order valence-electron chi connectivity index (χ4n) is 2.01. The van der Waals surface area contributed by atoms with Crippen LogP contribution >= 0.6 is 11.6 Å². The van der Waals surface area contributed by atoms with Crippen molar-refractivity contribution in [2.45, 2.75) is 25.1 Å². The van der Waals surface area contributed by atoms with Crippen LogP contribution in [0.15, 0.2) is 24.3 Å². The highest BCUT2D eigenvalue weighted by Crippen LogP contribution is 2.26. The van der Waals surface area contributed by atoms with Gasteiger partial charge >= 0.3 is 5.97 Å². The molecule has 0 spiro atoms. The number of aliphatic carboxylic acids is 1. The second kappa shape index (κ2) is 5.04. The average Bonchev–Trinajstić information content (AvgIpc) is 2.28. The molecule has 0 amide bonds. The van der Waals surface area contributed by atoms with Gasteiger partial charge in [-0.05, 0) is 24.6 Å². The highest BCUT2D eigenvalue weighted by atomic mass is 35.5. The highest BCUT2D eigenvalue weighted by Gasteiger charge is 2.32. The van der Waals surface area contributed by atoms with Crippen LogP contribution in [0.3, 0.4) is 0 Å². The SMILES string of the molecule is CC1NC(C(=O)O)COC1c1cccc(Cl)c1. The molecule has 0 bridgehead atoms. The molecular weight excluding hydrogens is 242 g/mol. The van der Waals surface area contributed by atoms with Crippen LogP contribution in [0.2, 0.25) is 5.02 Å². The summed E-state index contributed by atoms with van der Waals surface area (Å²) >= 11 is 5.92. The molecule has 5 heteroatoms. The monoisotopic (exact) mass is 255 g/mol. The van der Waals surface area contributed by atoms with Gasteiger partial charge in [-0.1, -0.05) is 23.7 Å². The average molecular weight is 256 g/mol. The number of nitrogens with one attached hydrogen (secondary N) is 1. The maximum atomic E-state index is 10.8. The molecule has 2 N–H and O–H groups in total. The quantitative estimate of drug-likeness (QED) is 0.847. The molecule has 92 valence electrons. The van der Waals surface area contributed by atoms with Crippen LogP contribution in [-0.4, -0.2) is 29.8 Å². The van der Waals surface area contributed by atoms with Crippen molar-refractivity contribution in [1.29, 1.82) is 0 Å². The Kier molecular flexibility index (Phi) is 3.66. The summed E-state index contributed by atoms with van der Waals surface area (Å²) in [4.78, 5) is 10.8. The summed E-state index contributed by atoms with van der Waals surface area (Å²) in [5.41, 5.74) is 0.960. The Bertz CT molecular complexity index is 424. The Hall–Kier alpha value is -1.10. The molecule has 1 fully saturated rings. The standard InChI is InChI=1S/C12H14ClNO3/c1-7-11(8-3-2-4-9(13)5-8)17-6-10(14-7)12(15)16/h2-5,7,10-11,14H,6H2,1H3,(H,15,16). The highest BCUT2D eigenvalue weighted by molar-refractivity contribution is 6.30. The fourth-order valence-corrected chi connectivity index (χ4v) is 2.21. The Morgan fingerprint density at radius 2 is 2.35 bits per heavy atom. The first-order chi connectivity index (χ1) is 8.08. The van der Waals surface area contributed by atoms with Crippen molar-refractivity contribution in [2.75, 3.05) is 6.61 Å². The third-order valence-electron chi connectivity index (χ3n) is 2.84. The topological polar surface area (TPSA) is 58.6 Å². The molecule has 3 atom stereocenters. The second-order valence-corrected chi connectivity index (χ2v) is 4.59. The molecule has 0 radical (unpaired) electrons. The van der Waals surface area contributed by atoms with E-state index < -0.39 is 12.0 Å². The van der Waals surface area contributed by atoms with Gasteiger partial charge in [0.25, 0.3) is 0 Å². The van der Waals surface area contributed by atoms with E-state index in [9.17, 15) is 4.79 Å². The molecule has 1 aromatic rings. The van der Waals surface area contributed by atoms with Crippen molar-refractivity contribution in [1.82, 2.24) is 5.32 Å². The van der Waals surface area contributed by atoms with Crippen LogP contribution in [0, 0.1) is 0 Å². The lowest BCUT2D eigenvalue weighted by Crippen LogP contribution is -2.52. The number of carboxylic acid groups (broad SMARTS) is 1. The summed E-state index contributed by atoms with van der Waals surface area (Å²) in [5.74, 6) is -0.888. The fraction of sp³-hybridized carbons (Fsp3) is 0.417. The molecule has 17 heavy (non-hydrogen) atoms. The molecule has 1 aliphatic heterocycles. The molecule has 1 aliphatic rings. The smallest absolute Gasteiger partial charge is 0.323 e. The van der Waals surface area contributed by atoms with Crippen molar-refractivity contribution in [3.05, 3.63) is 34.9 Å². The second-order valence-electron chi connectivity index (χ2n) is 4.16. The van der Waals surface area contributed by atoms with E-state index in [-0.39, 0.29) is 18.8 Å². The van der Waals surface area contributed by atoms with Crippen molar-refractivity contribution < 1.29 is 14.6 Å². The molecular formula is C12H14ClNO3. The number of halogens is 1. The lowest BCUT2D eigenvalue weighted by molar-refractivity contribution is -0.145. The Morgan fingerprint density at radius 1 is 1.59 bits per heavy atom. The molecule has 3 unspecified atom stereocenters. The number of morpholine rings is 1. The number of hydrogen-bond acceptors (Lipinski definition) is 3. The van der Waals surface area contributed by atoms with Crippen LogP contribution < -0.4 is 5.32 Å². The molecule has 2 rings (SSSR count). The van der Waals surface area contributed by atoms with Crippen molar-refractivity contribution in [2.24, 2.45) is 0 Å². The van der Waals surface area contributed by atoms with Gasteiger partial charge in [0.05, 0.1) is 12.7 Å². The maximum Gasteiger partial charge on any atom is 0.323 e. The summed E-state index contributed by atoms with van der Waals surface area (Å²) in [6, 6.07) is 6.72. The van der Waals surface area contributed by atoms with Gasteiger partial charge in [0.2, 0.25) is 0 Å². The van der Waals surface area contributed by atoms with E-state index in [0.29, 0.717) is 5.02 Å². The van der Waals surface area contributed by atoms with Crippen LogP contribution in [0.1, 0.15) is 18.6 Å². The molecule has 1 heterocycles. The van der Waals surface area contributed by atoms with E-state index in [1.54, 1.807) is 6.07 Å². The summed E-state index contributed by atoms with van der Waals surface area (Å²) in [7, 11) is 0. The zero-order chi connectivity index (χ0) is 12.4. The van der Waals surface area contributed by atoms with Crippen molar-refractivity contribution >= 4 is 17.6 Å². The van der Waals surface area contributed by atoms with Gasteiger partial charge in [-0.3, -0.25) is 10.1 Å². The van der Waals surface area contributed by atoms with Gasteiger partial charge in [0, 0.05) is 11.1 Å². The molecule has 0 aliphatic carbocycles. The van der Waals surface area contributed by atoms with E-state index in [0.717, 1.165) is 5.56 Å². The van der Waals surface area contributed by atoms with Crippen LogP contribution in [0.5, 0.6) is 0 Å². The van der Waals surface area contributed by atoms with Gasteiger partial charge < -0.3 is 9.84 Å². The Labute approximate surface area is 105 Å². The predicted molar refractivity (Wildman–Crippen MR) is 64.2 cm³/mol. The Balaban J connectivity index is 2.12. The first-order valence-corrected chi connectivity index (χ1v) is 5.81. The third-order valence-corrected chi connectivity index (χ3v) is 3.07. The number of hydrogen-bond donors (Lipinski definition) is 2. The van der Waals surface area contributed by atoms with E-state index in [4.69, 9.17) is 21.4 Å². The van der Waals surface area contributed by atoms with E-state index in [2.05, 4.69) is 5.32 Å². The molecule has 4 nitrogen and oxygen atoms in total. The minimum absolute atomic E-state index is 0.0664. The van der Waals surface area contributed by atoms with Crippen LogP contribution in [0.4, 0.5) is 0 Å². The molecule has 1 saturated heterocycles. The zero-order valence-corrected chi connectivity index (χ0v) is 10.1. The van der Waals surface area contributed by atoms with E-state index >= 15 is 0 Å². The minimum atomic E-state index is -0.888. The predicted octanol–water partition coefficient (Wildman–Crippen LogP) is 1.84. The summed E-state index contributed by atoms with van der Waals surface area (Å²) < 4.78 is 5.60. The first kappa shape index (κ1) is 12.4. The lowest BCUT2D eigenvalue weighted by Gasteiger charge is -2.34. The van der Waals surface area contributed by atoms with E-state index in [1.807, 2.05) is 25.1 Å². The number of carboxylic acids is 1. The van der Waals surface area contributed by atoms with Crippen LogP contribution in [0.25, 0.3) is 0 Å². The van der Waals surface area contributed by atoms with Gasteiger partial charge in [-0.25, -0.2) is 0 Å². The summed E-state index contributed by atoms with van der Waals surface area (Å²) in [5, 5.41) is 12.6. The van der Waals surface area contributed by atoms with Crippen LogP contribution in [-0.2, 0) is 9.53 Å². The minimum Gasteiger partial charge on any atom is -0.480 e. The molecule has 1 aromatic carbocycles. The molecule has 0 saturated carbocycles. The number of benzene rings is 1. The van der Waals surface area contributed by atoms with Gasteiger partial charge in [-0.2, -0.15) is 0 Å². The van der Waals surface area contributed by atoms with Crippen molar-refractivity contribution in [3.63, 3.8) is 0 Å². The maximum absolute atomic E-state index is 10.8. The van der Waals surface area contributed by atoms with Gasteiger partial charge in [-0.15, -0.1) is 0 Å². The third kappa shape index (κ3) is 2.77. The first-order valence-electron chi connectivity index (χ1n) is 5.44. The van der Waals surface area contributed by atoms with Gasteiger partial charge in [0.1, 0.15) is 6.04 Å².